The Labute approximate surface area is 167 Å². The first kappa shape index (κ1) is 18.7. The predicted octanol–water partition coefficient (Wildman–Crippen LogP) is 2.72. The highest BCUT2D eigenvalue weighted by molar-refractivity contribution is 6.24. The van der Waals surface area contributed by atoms with Crippen LogP contribution < -0.4 is 29.0 Å². The van der Waals surface area contributed by atoms with Crippen LogP contribution in [0.3, 0.4) is 0 Å². The van der Waals surface area contributed by atoms with E-state index >= 15 is 0 Å². The van der Waals surface area contributed by atoms with Gasteiger partial charge in [0.1, 0.15) is 34.3 Å². The Kier molecular flexibility index (Phi) is 4.75. The molecule has 2 aromatic carbocycles. The summed E-state index contributed by atoms with van der Waals surface area (Å²) in [5, 5.41) is 2.87. The molecule has 150 valence electrons. The van der Waals surface area contributed by atoms with Crippen molar-refractivity contribution in [2.45, 2.75) is 6.17 Å². The molecule has 2 aromatic rings. The zero-order valence-electron chi connectivity index (χ0n) is 16.4. The lowest BCUT2D eigenvalue weighted by Gasteiger charge is -2.28. The van der Waals surface area contributed by atoms with Crippen molar-refractivity contribution in [1.29, 1.82) is 0 Å². The highest BCUT2D eigenvalue weighted by atomic mass is 16.5. The lowest BCUT2D eigenvalue weighted by atomic mass is 10.0. The van der Waals surface area contributed by atoms with E-state index in [0.717, 1.165) is 5.56 Å². The third kappa shape index (κ3) is 3.22. The molecule has 0 bridgehead atoms. The molecule has 2 aliphatic rings. The van der Waals surface area contributed by atoms with E-state index < -0.39 is 6.17 Å². The van der Waals surface area contributed by atoms with E-state index in [4.69, 9.17) is 23.7 Å². The molecule has 8 heteroatoms. The second kappa shape index (κ2) is 7.38. The van der Waals surface area contributed by atoms with E-state index in [0.29, 0.717) is 39.9 Å². The van der Waals surface area contributed by atoms with Crippen molar-refractivity contribution in [2.75, 3.05) is 28.4 Å². The van der Waals surface area contributed by atoms with Gasteiger partial charge in [0.2, 0.25) is 5.90 Å². The van der Waals surface area contributed by atoms with E-state index in [-0.39, 0.29) is 11.8 Å². The number of nitrogens with one attached hydrogen (secondary N) is 1. The maximum absolute atomic E-state index is 12.8. The third-order valence-corrected chi connectivity index (χ3v) is 4.74. The number of benzene rings is 2. The van der Waals surface area contributed by atoms with Gasteiger partial charge in [-0.3, -0.25) is 4.79 Å². The van der Waals surface area contributed by atoms with E-state index in [9.17, 15) is 4.79 Å². The van der Waals surface area contributed by atoms with Crippen LogP contribution in [0.4, 0.5) is 0 Å². The number of rotatable bonds is 5. The standard InChI is InChI=1S/C21H20N2O6/c1-25-12-5-6-15-11(7-12)8-14-20(24)22-19(23-21(14)29-15)18-16(27-3)9-13(26-2)10-17(18)28-4/h5-10,19H,1-4H3,(H,22,24). The Hall–Kier alpha value is -3.68. The van der Waals surface area contributed by atoms with Gasteiger partial charge in [0.05, 0.1) is 34.0 Å². The van der Waals surface area contributed by atoms with Gasteiger partial charge < -0.3 is 29.0 Å². The minimum Gasteiger partial charge on any atom is -0.497 e. The van der Waals surface area contributed by atoms with Crippen LogP contribution in [0.15, 0.2) is 40.9 Å². The average Bonchev–Trinajstić information content (AvgIpc) is 2.76. The Balaban J connectivity index is 1.79. The Morgan fingerprint density at radius 3 is 2.24 bits per heavy atom. The fourth-order valence-corrected chi connectivity index (χ4v) is 3.28. The highest BCUT2D eigenvalue weighted by Crippen LogP contribution is 2.41. The molecule has 0 aromatic heterocycles. The normalized spacial score (nSPS) is 17.0. The summed E-state index contributed by atoms with van der Waals surface area (Å²) in [6.07, 6.45) is 0.985. The Morgan fingerprint density at radius 1 is 0.931 bits per heavy atom. The largest absolute Gasteiger partial charge is 0.497 e. The third-order valence-electron chi connectivity index (χ3n) is 4.74. The van der Waals surface area contributed by atoms with Crippen LogP contribution in [0.25, 0.3) is 6.08 Å². The number of amides is 1. The van der Waals surface area contributed by atoms with Crippen LogP contribution in [0.1, 0.15) is 17.3 Å². The van der Waals surface area contributed by atoms with Crippen LogP contribution in [0, 0.1) is 0 Å². The SMILES string of the molecule is COc1ccc2c(c1)C=C1C(=O)NC(c3c(OC)cc(OC)cc3OC)N=C1O2. The van der Waals surface area contributed by atoms with Gasteiger partial charge >= 0.3 is 0 Å². The van der Waals surface area contributed by atoms with Crippen molar-refractivity contribution in [3.63, 3.8) is 0 Å². The predicted molar refractivity (Wildman–Crippen MR) is 106 cm³/mol. The molecule has 29 heavy (non-hydrogen) atoms. The van der Waals surface area contributed by atoms with E-state index in [1.807, 2.05) is 0 Å². The molecule has 0 saturated carbocycles. The maximum atomic E-state index is 12.8. The van der Waals surface area contributed by atoms with Crippen LogP contribution in [0.5, 0.6) is 28.7 Å². The van der Waals surface area contributed by atoms with Crippen molar-refractivity contribution < 1.29 is 28.5 Å². The summed E-state index contributed by atoms with van der Waals surface area (Å²) in [7, 11) is 6.19. The van der Waals surface area contributed by atoms with E-state index in [1.54, 1.807) is 50.6 Å². The number of methoxy groups -OCH3 is 4. The van der Waals surface area contributed by atoms with Crippen LogP contribution in [-0.2, 0) is 4.79 Å². The fraction of sp³-hybridized carbons (Fsp3) is 0.238. The van der Waals surface area contributed by atoms with Crippen molar-refractivity contribution in [2.24, 2.45) is 4.99 Å². The zero-order valence-corrected chi connectivity index (χ0v) is 16.4. The summed E-state index contributed by atoms with van der Waals surface area (Å²) in [4.78, 5) is 17.4. The molecule has 1 unspecified atom stereocenters. The lowest BCUT2D eigenvalue weighted by molar-refractivity contribution is -0.118. The molecule has 1 atom stereocenters. The number of carbonyl (C=O) groups excluding carboxylic acids is 1. The van der Waals surface area contributed by atoms with Crippen LogP contribution >= 0.6 is 0 Å². The second-order valence-electron chi connectivity index (χ2n) is 6.32. The molecule has 8 nitrogen and oxygen atoms in total. The van der Waals surface area contributed by atoms with E-state index in [1.165, 1.54) is 14.2 Å². The molecular weight excluding hydrogens is 376 g/mol. The molecule has 0 radical (unpaired) electrons. The van der Waals surface area contributed by atoms with Crippen LogP contribution in [0.2, 0.25) is 0 Å². The molecule has 1 amide bonds. The van der Waals surface area contributed by atoms with Crippen molar-refractivity contribution in [3.05, 3.63) is 47.0 Å². The van der Waals surface area contributed by atoms with Crippen molar-refractivity contribution in [3.8, 4) is 28.7 Å². The summed E-state index contributed by atoms with van der Waals surface area (Å²) >= 11 is 0. The average molecular weight is 396 g/mol. The monoisotopic (exact) mass is 396 g/mol. The first-order chi connectivity index (χ1) is 14.1. The fourth-order valence-electron chi connectivity index (χ4n) is 3.28. The quantitative estimate of drug-likeness (QED) is 0.836. The Bertz CT molecular complexity index is 1020. The zero-order chi connectivity index (χ0) is 20.5. The first-order valence-corrected chi connectivity index (χ1v) is 8.84. The Morgan fingerprint density at radius 2 is 1.62 bits per heavy atom. The number of aliphatic imine (C=N–C) groups is 1. The summed E-state index contributed by atoms with van der Waals surface area (Å²) in [5.41, 5.74) is 1.65. The minimum absolute atomic E-state index is 0.233. The molecule has 0 fully saturated rings. The molecule has 1 N–H and O–H groups in total. The molecule has 2 aliphatic heterocycles. The molecule has 0 spiro atoms. The summed E-state index contributed by atoms with van der Waals surface area (Å²) in [6.45, 7) is 0. The van der Waals surface area contributed by atoms with Crippen molar-refractivity contribution in [1.82, 2.24) is 5.32 Å². The van der Waals surface area contributed by atoms with E-state index in [2.05, 4.69) is 10.3 Å². The van der Waals surface area contributed by atoms with Gasteiger partial charge in [0.15, 0.2) is 6.17 Å². The number of fused-ring (bicyclic) bond motifs is 2. The van der Waals surface area contributed by atoms with Gasteiger partial charge in [-0.05, 0) is 24.3 Å². The number of carbonyl (C=O) groups is 1. The summed E-state index contributed by atoms with van der Waals surface area (Å²) in [5.74, 6) is 2.70. The molecule has 0 saturated heterocycles. The molecule has 2 heterocycles. The second-order valence-corrected chi connectivity index (χ2v) is 6.32. The van der Waals surface area contributed by atoms with Crippen molar-refractivity contribution >= 4 is 17.9 Å². The topological polar surface area (TPSA) is 87.6 Å². The van der Waals surface area contributed by atoms with Gasteiger partial charge in [0, 0.05) is 17.7 Å². The maximum Gasteiger partial charge on any atom is 0.258 e. The van der Waals surface area contributed by atoms with Gasteiger partial charge in [-0.25, -0.2) is 4.99 Å². The number of hydrogen-bond acceptors (Lipinski definition) is 7. The lowest BCUT2D eigenvalue weighted by Crippen LogP contribution is -2.39. The van der Waals surface area contributed by atoms with Gasteiger partial charge in [-0.15, -0.1) is 0 Å². The minimum atomic E-state index is -0.745. The van der Waals surface area contributed by atoms with Gasteiger partial charge in [0.25, 0.3) is 5.91 Å². The molecule has 4 rings (SSSR count). The summed E-state index contributed by atoms with van der Waals surface area (Å²) < 4.78 is 27.4. The van der Waals surface area contributed by atoms with Gasteiger partial charge in [-0.1, -0.05) is 0 Å². The number of hydrogen-bond donors (Lipinski definition) is 1. The summed E-state index contributed by atoms with van der Waals surface area (Å²) in [6, 6.07) is 8.78. The number of nitrogens with zero attached hydrogens (tertiary/aromatic N) is 1. The smallest absolute Gasteiger partial charge is 0.258 e. The molecular formula is C21H20N2O6. The highest BCUT2D eigenvalue weighted by Gasteiger charge is 2.34. The number of ether oxygens (including phenoxy) is 5. The van der Waals surface area contributed by atoms with Gasteiger partial charge in [-0.2, -0.15) is 0 Å². The van der Waals surface area contributed by atoms with Crippen LogP contribution in [-0.4, -0.2) is 40.2 Å². The molecule has 0 aliphatic carbocycles. The first-order valence-electron chi connectivity index (χ1n) is 8.84.